The second-order valence-corrected chi connectivity index (χ2v) is 28.8. The van der Waals surface area contributed by atoms with Crippen molar-refractivity contribution in [2.75, 3.05) is 0 Å². The molecular weight excluding hydrogens is 1270 g/mol. The fourth-order valence-electron chi connectivity index (χ4n) is 17.4. The predicted molar refractivity (Wildman–Crippen MR) is 447 cm³/mol. The number of benzene rings is 14. The van der Waals surface area contributed by atoms with Crippen molar-refractivity contribution in [1.29, 1.82) is 0 Å². The molecule has 0 amide bonds. The molecule has 510 valence electrons. The monoisotopic (exact) mass is 1350 g/mol. The van der Waals surface area contributed by atoms with E-state index in [1.807, 2.05) is 0 Å². The zero-order chi connectivity index (χ0) is 70.5. The van der Waals surface area contributed by atoms with E-state index in [0.29, 0.717) is 0 Å². The van der Waals surface area contributed by atoms with Crippen LogP contribution in [0.15, 0.2) is 352 Å². The van der Waals surface area contributed by atoms with Gasteiger partial charge in [0.2, 0.25) is 0 Å². The highest BCUT2D eigenvalue weighted by Crippen LogP contribution is 2.59. The zero-order valence-electron chi connectivity index (χ0n) is 60.4. The number of hydrogen-bond donors (Lipinski definition) is 0. The van der Waals surface area contributed by atoms with E-state index in [1.54, 1.807) is 0 Å². The Morgan fingerprint density at radius 3 is 0.829 bits per heavy atom. The standard InChI is InChI=1S/C103H88N2/c1-3-5-7-9-33-67-104-95-49-31-29-47-89(95)91-71-85(61-65-97(91)104)103(86-62-66-98-92(72-86)90-48-30-32-50-96(90)105(98)68-34-10-8-6-4-2)93-69-83(73-51-55-81(56-52-73)101(79-43-25-15-26-44-79)99(75-35-17-11-18-36-75)76-37-19-12-20-38-76)59-63-87(93)88-64-60-84(70-94(88)103)74-53-57-82(58-54-74)102(80-45-27-16-28-46-80)100(77-39-21-13-22-40-77)78-41-23-14-24-42-78/h11-32,35-66,69-72H,3-10,33-34,67-68H2,1-2H3. The maximum absolute atomic E-state index is 2.62. The number of hydrogen-bond acceptors (Lipinski definition) is 0. The average molecular weight is 1350 g/mol. The van der Waals surface area contributed by atoms with E-state index in [0.717, 1.165) is 37.1 Å². The van der Waals surface area contributed by atoms with Crippen LogP contribution < -0.4 is 0 Å². The van der Waals surface area contributed by atoms with Gasteiger partial charge in [-0.15, -0.1) is 0 Å². The fourth-order valence-corrected chi connectivity index (χ4v) is 17.4. The Balaban J connectivity index is 0.895. The Bertz CT molecular complexity index is 5350. The van der Waals surface area contributed by atoms with Gasteiger partial charge in [0.25, 0.3) is 0 Å². The van der Waals surface area contributed by atoms with Crippen molar-refractivity contribution in [3.63, 3.8) is 0 Å². The molecule has 0 fully saturated rings. The summed E-state index contributed by atoms with van der Waals surface area (Å²) in [5.41, 5.74) is 30.9. The summed E-state index contributed by atoms with van der Waals surface area (Å²) in [6, 6.07) is 133. The Kier molecular flexibility index (Phi) is 18.9. The van der Waals surface area contributed by atoms with E-state index in [-0.39, 0.29) is 0 Å². The van der Waals surface area contributed by atoms with Gasteiger partial charge in [0.1, 0.15) is 0 Å². The van der Waals surface area contributed by atoms with Crippen LogP contribution in [0.1, 0.15) is 145 Å². The van der Waals surface area contributed by atoms with Crippen LogP contribution in [0.25, 0.3) is 99.3 Å². The Morgan fingerprint density at radius 2 is 0.505 bits per heavy atom. The summed E-state index contributed by atoms with van der Waals surface area (Å²) in [5.74, 6) is 0. The van der Waals surface area contributed by atoms with Gasteiger partial charge in [0.05, 0.1) is 5.41 Å². The Labute approximate surface area is 619 Å². The molecule has 0 N–H and O–H groups in total. The highest BCUT2D eigenvalue weighted by atomic mass is 15.0. The third kappa shape index (κ3) is 12.6. The van der Waals surface area contributed by atoms with Crippen LogP contribution in [0.3, 0.4) is 0 Å². The largest absolute Gasteiger partial charge is 0.340 e. The van der Waals surface area contributed by atoms with Crippen LogP contribution in [0.5, 0.6) is 0 Å². The number of para-hydroxylation sites is 2. The van der Waals surface area contributed by atoms with Crippen LogP contribution in [0.2, 0.25) is 0 Å². The van der Waals surface area contributed by atoms with E-state index in [9.17, 15) is 0 Å². The molecular formula is C103H88N2. The van der Waals surface area contributed by atoms with E-state index >= 15 is 0 Å². The number of unbranched alkanes of at least 4 members (excludes halogenated alkanes) is 8. The van der Waals surface area contributed by atoms with Gasteiger partial charge in [-0.1, -0.05) is 369 Å². The molecule has 1 aliphatic carbocycles. The molecule has 0 unspecified atom stereocenters. The molecule has 2 heteroatoms. The molecule has 0 saturated heterocycles. The van der Waals surface area contributed by atoms with Gasteiger partial charge >= 0.3 is 0 Å². The topological polar surface area (TPSA) is 9.86 Å². The van der Waals surface area contributed by atoms with E-state index in [4.69, 9.17) is 0 Å². The predicted octanol–water partition coefficient (Wildman–Crippen LogP) is 27.6. The van der Waals surface area contributed by atoms with Crippen LogP contribution in [0, 0.1) is 0 Å². The number of rotatable bonds is 24. The van der Waals surface area contributed by atoms with Crippen molar-refractivity contribution in [3.8, 4) is 33.4 Å². The van der Waals surface area contributed by atoms with E-state index in [1.165, 1.54) is 206 Å². The normalized spacial score (nSPS) is 12.2. The summed E-state index contributed by atoms with van der Waals surface area (Å²) in [5, 5.41) is 5.20. The first-order valence-electron chi connectivity index (χ1n) is 38.4. The first-order chi connectivity index (χ1) is 52.0. The Morgan fingerprint density at radius 1 is 0.229 bits per heavy atom. The molecule has 105 heavy (non-hydrogen) atoms. The molecule has 17 rings (SSSR count). The minimum atomic E-state index is -0.793. The Hall–Kier alpha value is -11.8. The maximum atomic E-state index is 2.62. The highest BCUT2D eigenvalue weighted by Gasteiger charge is 2.47. The minimum Gasteiger partial charge on any atom is -0.340 e. The van der Waals surface area contributed by atoms with Crippen molar-refractivity contribution >= 4 is 65.9 Å². The maximum Gasteiger partial charge on any atom is 0.0714 e. The molecule has 2 aromatic heterocycles. The first-order valence-corrected chi connectivity index (χ1v) is 38.4. The molecule has 0 radical (unpaired) electrons. The van der Waals surface area contributed by atoms with Gasteiger partial charge in [-0.3, -0.25) is 0 Å². The number of fused-ring (bicyclic) bond motifs is 9. The van der Waals surface area contributed by atoms with Gasteiger partial charge in [0, 0.05) is 56.7 Å². The SMILES string of the molecule is CCCCCCCn1c2ccccc2c2cc(C3(c4ccc5c(c4)c4ccccc4n5CCCCCCC)c4cc(-c5ccc(C(=C(c6ccccc6)c6ccccc6)c6ccccc6)cc5)ccc4-c4ccc(-c5ccc(C(=C(c6ccccc6)c6ccccc6)c6ccccc6)cc5)cc43)ccc21. The zero-order valence-corrected chi connectivity index (χ0v) is 60.4. The third-order valence-electron chi connectivity index (χ3n) is 22.4. The van der Waals surface area contributed by atoms with Crippen LogP contribution in [-0.2, 0) is 18.5 Å². The summed E-state index contributed by atoms with van der Waals surface area (Å²) in [7, 11) is 0. The van der Waals surface area contributed by atoms with E-state index < -0.39 is 5.41 Å². The van der Waals surface area contributed by atoms with Crippen molar-refractivity contribution in [1.82, 2.24) is 9.13 Å². The van der Waals surface area contributed by atoms with Gasteiger partial charge in [-0.25, -0.2) is 0 Å². The lowest BCUT2D eigenvalue weighted by Gasteiger charge is -2.35. The lowest BCUT2D eigenvalue weighted by Crippen LogP contribution is -2.28. The average Bonchev–Trinajstić information content (AvgIpc) is 1.53. The fraction of sp³-hybridized carbons (Fsp3) is 0.146. The molecule has 0 atom stereocenters. The lowest BCUT2D eigenvalue weighted by molar-refractivity contribution is 0.584. The summed E-state index contributed by atoms with van der Waals surface area (Å²) in [6.45, 7) is 6.59. The van der Waals surface area contributed by atoms with E-state index in [2.05, 4.69) is 375 Å². The van der Waals surface area contributed by atoms with Crippen molar-refractivity contribution in [3.05, 3.63) is 419 Å². The van der Waals surface area contributed by atoms with Gasteiger partial charge in [-0.05, 0) is 184 Å². The van der Waals surface area contributed by atoms with Crippen LogP contribution >= 0.6 is 0 Å². The molecule has 0 bridgehead atoms. The molecule has 0 spiro atoms. The number of aromatic nitrogens is 2. The van der Waals surface area contributed by atoms with Gasteiger partial charge in [0.15, 0.2) is 0 Å². The van der Waals surface area contributed by atoms with Crippen LogP contribution in [-0.4, -0.2) is 9.13 Å². The molecule has 16 aromatic rings. The smallest absolute Gasteiger partial charge is 0.0714 e. The first kappa shape index (κ1) is 66.4. The molecule has 14 aromatic carbocycles. The second-order valence-electron chi connectivity index (χ2n) is 28.8. The number of aryl methyl sites for hydroxylation is 2. The minimum absolute atomic E-state index is 0.793. The van der Waals surface area contributed by atoms with Gasteiger partial charge in [-0.2, -0.15) is 0 Å². The molecule has 0 aliphatic heterocycles. The number of nitrogens with zero attached hydrogens (tertiary/aromatic N) is 2. The lowest BCUT2D eigenvalue weighted by atomic mass is 9.66. The van der Waals surface area contributed by atoms with Crippen LogP contribution in [0.4, 0.5) is 0 Å². The molecule has 1 aliphatic rings. The third-order valence-corrected chi connectivity index (χ3v) is 22.4. The quantitative estimate of drug-likeness (QED) is 0.0422. The molecule has 2 nitrogen and oxygen atoms in total. The van der Waals surface area contributed by atoms with Crippen molar-refractivity contribution < 1.29 is 0 Å². The molecule has 0 saturated carbocycles. The summed E-state index contributed by atoms with van der Waals surface area (Å²) >= 11 is 0. The van der Waals surface area contributed by atoms with Crippen molar-refractivity contribution in [2.24, 2.45) is 0 Å². The highest BCUT2D eigenvalue weighted by molar-refractivity contribution is 6.11. The summed E-state index contributed by atoms with van der Waals surface area (Å²) in [6.07, 6.45) is 12.3. The van der Waals surface area contributed by atoms with Gasteiger partial charge < -0.3 is 9.13 Å². The second kappa shape index (κ2) is 29.9. The summed E-state index contributed by atoms with van der Waals surface area (Å²) in [4.78, 5) is 0. The summed E-state index contributed by atoms with van der Waals surface area (Å²) < 4.78 is 5.25. The van der Waals surface area contributed by atoms with Crippen molar-refractivity contribution in [2.45, 2.75) is 96.6 Å². The molecule has 2 heterocycles.